The van der Waals surface area contributed by atoms with Gasteiger partial charge in [0.05, 0.1) is 17.4 Å². The SMILES string of the molecule is Nc1c(C(=O)O)sc2nc(N3CCC(NCC(O)c4ccc(F)cc4)CC3)cc(C(F)(F)F)c12. The van der Waals surface area contributed by atoms with Gasteiger partial charge in [0, 0.05) is 31.1 Å². The molecule has 5 N–H and O–H groups in total. The predicted octanol–water partition coefficient (Wildman–Crippen LogP) is 4.03. The van der Waals surface area contributed by atoms with E-state index in [2.05, 4.69) is 10.3 Å². The summed E-state index contributed by atoms with van der Waals surface area (Å²) in [6, 6.07) is 6.53. The van der Waals surface area contributed by atoms with Crippen LogP contribution in [0, 0.1) is 5.82 Å². The third kappa shape index (κ3) is 4.93. The average molecular weight is 499 g/mol. The highest BCUT2D eigenvalue weighted by molar-refractivity contribution is 7.21. The van der Waals surface area contributed by atoms with Crippen molar-refractivity contribution in [2.75, 3.05) is 30.3 Å². The zero-order valence-corrected chi connectivity index (χ0v) is 18.6. The molecule has 0 spiro atoms. The molecular formula is C22H22F4N4O3S. The number of carboxylic acid groups (broad SMARTS) is 1. The lowest BCUT2D eigenvalue weighted by Gasteiger charge is -2.34. The molecule has 34 heavy (non-hydrogen) atoms. The number of fused-ring (bicyclic) bond motifs is 1. The van der Waals surface area contributed by atoms with Crippen LogP contribution in [-0.4, -0.2) is 46.8 Å². The number of halogens is 4. The van der Waals surface area contributed by atoms with Crippen molar-refractivity contribution in [3.8, 4) is 0 Å². The van der Waals surface area contributed by atoms with Crippen LogP contribution in [0.15, 0.2) is 30.3 Å². The molecule has 1 aliphatic heterocycles. The Balaban J connectivity index is 1.46. The second-order valence-electron chi connectivity index (χ2n) is 8.09. The lowest BCUT2D eigenvalue weighted by Crippen LogP contribution is -2.44. The number of benzene rings is 1. The molecular weight excluding hydrogens is 476 g/mol. The minimum Gasteiger partial charge on any atom is -0.477 e. The fourth-order valence-electron chi connectivity index (χ4n) is 4.05. The summed E-state index contributed by atoms with van der Waals surface area (Å²) in [6.07, 6.45) is -4.34. The number of pyridine rings is 1. The first kappa shape index (κ1) is 24.2. The fraction of sp³-hybridized carbons (Fsp3) is 0.364. The Morgan fingerprint density at radius 1 is 1.26 bits per heavy atom. The smallest absolute Gasteiger partial charge is 0.417 e. The van der Waals surface area contributed by atoms with E-state index in [9.17, 15) is 32.6 Å². The minimum atomic E-state index is -4.72. The number of aliphatic hydroxyl groups is 1. The van der Waals surface area contributed by atoms with Crippen molar-refractivity contribution in [3.05, 3.63) is 52.2 Å². The van der Waals surface area contributed by atoms with Gasteiger partial charge >= 0.3 is 12.1 Å². The molecule has 7 nitrogen and oxygen atoms in total. The van der Waals surface area contributed by atoms with Crippen molar-refractivity contribution in [1.29, 1.82) is 0 Å². The second kappa shape index (κ2) is 9.35. The number of aliphatic hydroxyl groups excluding tert-OH is 1. The Labute approximate surface area is 195 Å². The number of aromatic nitrogens is 1. The van der Waals surface area contributed by atoms with Crippen LogP contribution < -0.4 is 16.0 Å². The Morgan fingerprint density at radius 3 is 2.50 bits per heavy atom. The summed E-state index contributed by atoms with van der Waals surface area (Å²) in [6.45, 7) is 1.10. The van der Waals surface area contributed by atoms with Crippen LogP contribution >= 0.6 is 11.3 Å². The van der Waals surface area contributed by atoms with Gasteiger partial charge in [0.15, 0.2) is 0 Å². The fourth-order valence-corrected chi connectivity index (χ4v) is 5.00. The standard InChI is InChI=1S/C22H22F4N4O3S/c23-12-3-1-11(2-4-12)15(31)10-28-13-5-7-30(8-6-13)16-9-14(22(24,25)26)17-18(27)19(21(32)33)34-20(17)29-16/h1-4,9,13,15,28,31H,5-8,10,27H2,(H,32,33). The zero-order chi connectivity index (χ0) is 24.6. The molecule has 1 fully saturated rings. The van der Waals surface area contributed by atoms with Crippen molar-refractivity contribution in [1.82, 2.24) is 10.3 Å². The number of alkyl halides is 3. The van der Waals surface area contributed by atoms with Crippen molar-refractivity contribution in [2.24, 2.45) is 0 Å². The number of nitrogen functional groups attached to an aromatic ring is 1. The molecule has 1 aromatic carbocycles. The van der Waals surface area contributed by atoms with Crippen LogP contribution in [0.25, 0.3) is 10.2 Å². The minimum absolute atomic E-state index is 0.0353. The van der Waals surface area contributed by atoms with Gasteiger partial charge in [-0.15, -0.1) is 11.3 Å². The van der Waals surface area contributed by atoms with Gasteiger partial charge < -0.3 is 26.2 Å². The maximum atomic E-state index is 13.8. The molecule has 0 saturated carbocycles. The summed E-state index contributed by atoms with van der Waals surface area (Å²) >= 11 is 0.625. The third-order valence-electron chi connectivity index (χ3n) is 5.86. The number of piperidine rings is 1. The van der Waals surface area contributed by atoms with Crippen LogP contribution in [-0.2, 0) is 6.18 Å². The van der Waals surface area contributed by atoms with Gasteiger partial charge in [-0.1, -0.05) is 12.1 Å². The highest BCUT2D eigenvalue weighted by atomic mass is 32.1. The number of carboxylic acids is 1. The summed E-state index contributed by atoms with van der Waals surface area (Å²) in [5.74, 6) is -1.67. The number of hydrogen-bond donors (Lipinski definition) is 4. The first-order chi connectivity index (χ1) is 16.0. The summed E-state index contributed by atoms with van der Waals surface area (Å²) in [5.41, 5.74) is 4.87. The van der Waals surface area contributed by atoms with E-state index < -0.39 is 29.5 Å². The van der Waals surface area contributed by atoms with Gasteiger partial charge in [-0.25, -0.2) is 14.2 Å². The predicted molar refractivity (Wildman–Crippen MR) is 121 cm³/mol. The molecule has 0 bridgehead atoms. The molecule has 2 aromatic heterocycles. The lowest BCUT2D eigenvalue weighted by atomic mass is 10.0. The first-order valence-electron chi connectivity index (χ1n) is 10.5. The van der Waals surface area contributed by atoms with Gasteiger partial charge in [-0.2, -0.15) is 13.2 Å². The number of nitrogens with zero attached hydrogens (tertiary/aromatic N) is 2. The molecule has 3 heterocycles. The lowest BCUT2D eigenvalue weighted by molar-refractivity contribution is -0.136. The Hall–Kier alpha value is -2.96. The highest BCUT2D eigenvalue weighted by Crippen LogP contribution is 2.43. The van der Waals surface area contributed by atoms with Gasteiger partial charge in [-0.3, -0.25) is 0 Å². The average Bonchev–Trinajstić information content (AvgIpc) is 3.13. The van der Waals surface area contributed by atoms with E-state index in [1.165, 1.54) is 24.3 Å². The summed E-state index contributed by atoms with van der Waals surface area (Å²) in [5, 5.41) is 22.4. The van der Waals surface area contributed by atoms with Crippen LogP contribution in [0.5, 0.6) is 0 Å². The molecule has 1 aliphatic rings. The van der Waals surface area contributed by atoms with Crippen LogP contribution in [0.4, 0.5) is 29.1 Å². The number of thiophene rings is 1. The number of carbonyl (C=O) groups is 1. The van der Waals surface area contributed by atoms with E-state index in [0.29, 0.717) is 42.8 Å². The van der Waals surface area contributed by atoms with E-state index in [0.717, 1.165) is 6.07 Å². The van der Waals surface area contributed by atoms with Crippen LogP contribution in [0.3, 0.4) is 0 Å². The van der Waals surface area contributed by atoms with Gasteiger partial charge in [0.2, 0.25) is 0 Å². The van der Waals surface area contributed by atoms with Crippen LogP contribution in [0.2, 0.25) is 0 Å². The van der Waals surface area contributed by atoms with Gasteiger partial charge in [0.1, 0.15) is 21.3 Å². The number of rotatable bonds is 6. The number of hydrogen-bond acceptors (Lipinski definition) is 7. The van der Waals surface area contributed by atoms with E-state index in [4.69, 9.17) is 5.73 Å². The Morgan fingerprint density at radius 2 is 1.91 bits per heavy atom. The van der Waals surface area contributed by atoms with Crippen molar-refractivity contribution >= 4 is 39.0 Å². The van der Waals surface area contributed by atoms with E-state index in [1.807, 2.05) is 0 Å². The Kier molecular flexibility index (Phi) is 6.65. The number of aromatic carboxylic acids is 1. The molecule has 4 rings (SSSR count). The second-order valence-corrected chi connectivity index (χ2v) is 9.09. The normalized spacial score (nSPS) is 16.2. The van der Waals surface area contributed by atoms with Crippen molar-refractivity contribution < 1.29 is 32.6 Å². The number of anilines is 2. The Bertz CT molecular complexity index is 1190. The zero-order valence-electron chi connectivity index (χ0n) is 17.8. The molecule has 0 radical (unpaired) electrons. The molecule has 1 unspecified atom stereocenters. The van der Waals surface area contributed by atoms with Gasteiger partial charge in [-0.05, 0) is 36.6 Å². The number of nitrogens with two attached hydrogens (primary N) is 1. The molecule has 182 valence electrons. The number of nitrogens with one attached hydrogen (secondary N) is 1. The maximum absolute atomic E-state index is 13.8. The molecule has 1 saturated heterocycles. The third-order valence-corrected chi connectivity index (χ3v) is 6.95. The molecule has 3 aromatic rings. The van der Waals surface area contributed by atoms with Crippen molar-refractivity contribution in [2.45, 2.75) is 31.2 Å². The summed E-state index contributed by atoms with van der Waals surface area (Å²) in [7, 11) is 0. The molecule has 0 aliphatic carbocycles. The summed E-state index contributed by atoms with van der Waals surface area (Å²) < 4.78 is 54.3. The van der Waals surface area contributed by atoms with Crippen molar-refractivity contribution in [3.63, 3.8) is 0 Å². The quantitative estimate of drug-likeness (QED) is 0.380. The maximum Gasteiger partial charge on any atom is 0.417 e. The highest BCUT2D eigenvalue weighted by Gasteiger charge is 2.37. The molecule has 12 heteroatoms. The molecule has 0 amide bonds. The van der Waals surface area contributed by atoms with E-state index in [1.54, 1.807) is 4.90 Å². The molecule has 1 atom stereocenters. The monoisotopic (exact) mass is 498 g/mol. The topological polar surface area (TPSA) is 112 Å². The van der Waals surface area contributed by atoms with Gasteiger partial charge in [0.25, 0.3) is 0 Å². The van der Waals surface area contributed by atoms with E-state index >= 15 is 0 Å². The summed E-state index contributed by atoms with van der Waals surface area (Å²) in [4.78, 5) is 16.9. The van der Waals surface area contributed by atoms with Crippen LogP contribution in [0.1, 0.15) is 39.7 Å². The largest absolute Gasteiger partial charge is 0.477 e. The van der Waals surface area contributed by atoms with E-state index in [-0.39, 0.29) is 39.3 Å². The first-order valence-corrected chi connectivity index (χ1v) is 11.3.